The van der Waals surface area contributed by atoms with Gasteiger partial charge in [0.2, 0.25) is 5.90 Å². The van der Waals surface area contributed by atoms with Gasteiger partial charge in [-0.15, -0.1) is 0 Å². The van der Waals surface area contributed by atoms with E-state index in [-0.39, 0.29) is 11.8 Å². The highest BCUT2D eigenvalue weighted by Gasteiger charge is 2.24. The van der Waals surface area contributed by atoms with Crippen LogP contribution in [-0.4, -0.2) is 10.8 Å². The van der Waals surface area contributed by atoms with Crippen LogP contribution in [0.15, 0.2) is 84.0 Å². The highest BCUT2D eigenvalue weighted by atomic mass is 16.7. The summed E-state index contributed by atoms with van der Waals surface area (Å²) in [6.07, 6.45) is 0.217. The summed E-state index contributed by atoms with van der Waals surface area (Å²) in [6, 6.07) is 23.0. The summed E-state index contributed by atoms with van der Waals surface area (Å²) in [5.74, 6) is 2.40. The Balaban J connectivity index is 1.35. The maximum Gasteiger partial charge on any atom is 0.269 e. The minimum Gasteiger partial charge on any atom is -0.457 e. The van der Waals surface area contributed by atoms with Gasteiger partial charge in [0.25, 0.3) is 5.69 Å². The summed E-state index contributed by atoms with van der Waals surface area (Å²) in [4.78, 5) is 15.7. The maximum absolute atomic E-state index is 10.7. The summed E-state index contributed by atoms with van der Waals surface area (Å²) in [7, 11) is 0. The first kappa shape index (κ1) is 17.5. The van der Waals surface area contributed by atoms with Crippen molar-refractivity contribution < 1.29 is 19.2 Å². The standard InChI is InChI=1S/C21H16N2O5/c24-23(25)16-8-12-19(13-9-16)27-21-14-20(28-22-21)15-6-10-18(11-7-15)26-17-4-2-1-3-5-17/h1-13,20H,14H2/t20-/m0/s1. The first-order valence-corrected chi connectivity index (χ1v) is 8.65. The van der Waals surface area contributed by atoms with Crippen molar-refractivity contribution in [1.29, 1.82) is 0 Å². The lowest BCUT2D eigenvalue weighted by atomic mass is 10.1. The molecule has 0 saturated carbocycles. The van der Waals surface area contributed by atoms with Crippen LogP contribution < -0.4 is 9.47 Å². The molecule has 0 fully saturated rings. The Morgan fingerprint density at radius 1 is 0.857 bits per heavy atom. The number of ether oxygens (including phenoxy) is 2. The fourth-order valence-electron chi connectivity index (χ4n) is 2.74. The SMILES string of the molecule is O=[N+]([O-])c1ccc(OC2=NO[C@H](c3ccc(Oc4ccccc4)cc3)C2)cc1. The van der Waals surface area contributed by atoms with Gasteiger partial charge in [0.1, 0.15) is 17.2 Å². The molecule has 0 unspecified atom stereocenters. The molecule has 3 aromatic rings. The van der Waals surface area contributed by atoms with Crippen LogP contribution in [0.4, 0.5) is 5.69 Å². The van der Waals surface area contributed by atoms with Crippen molar-refractivity contribution in [2.45, 2.75) is 12.5 Å². The third-order valence-corrected chi connectivity index (χ3v) is 4.16. The van der Waals surface area contributed by atoms with Crippen molar-refractivity contribution in [2.75, 3.05) is 0 Å². The fourth-order valence-corrected chi connectivity index (χ4v) is 2.74. The molecular formula is C21H16N2O5. The summed E-state index contributed by atoms with van der Waals surface area (Å²) in [6.45, 7) is 0. The molecule has 7 heteroatoms. The van der Waals surface area contributed by atoms with E-state index in [1.54, 1.807) is 0 Å². The van der Waals surface area contributed by atoms with Gasteiger partial charge in [-0.3, -0.25) is 10.1 Å². The van der Waals surface area contributed by atoms with Crippen LogP contribution in [0.25, 0.3) is 0 Å². The van der Waals surface area contributed by atoms with E-state index in [0.717, 1.165) is 17.1 Å². The van der Waals surface area contributed by atoms with Gasteiger partial charge >= 0.3 is 0 Å². The number of para-hydroxylation sites is 1. The van der Waals surface area contributed by atoms with Gasteiger partial charge in [-0.05, 0) is 42.0 Å². The van der Waals surface area contributed by atoms with Crippen molar-refractivity contribution in [3.63, 3.8) is 0 Å². The van der Waals surface area contributed by atoms with Crippen LogP contribution in [0.5, 0.6) is 17.2 Å². The van der Waals surface area contributed by atoms with Gasteiger partial charge in [-0.25, -0.2) is 0 Å². The lowest BCUT2D eigenvalue weighted by Gasteiger charge is -2.10. The average molecular weight is 376 g/mol. The van der Waals surface area contributed by atoms with Gasteiger partial charge < -0.3 is 14.3 Å². The number of nitrogens with zero attached hydrogens (tertiary/aromatic N) is 2. The predicted molar refractivity (Wildman–Crippen MR) is 103 cm³/mol. The lowest BCUT2D eigenvalue weighted by molar-refractivity contribution is -0.384. The Bertz CT molecular complexity index is 986. The maximum atomic E-state index is 10.7. The highest BCUT2D eigenvalue weighted by Crippen LogP contribution is 2.30. The first-order valence-electron chi connectivity index (χ1n) is 8.65. The topological polar surface area (TPSA) is 83.2 Å². The third kappa shape index (κ3) is 4.09. The van der Waals surface area contributed by atoms with Crippen molar-refractivity contribution in [3.8, 4) is 17.2 Å². The Morgan fingerprint density at radius 3 is 2.14 bits per heavy atom. The van der Waals surface area contributed by atoms with Gasteiger partial charge in [-0.1, -0.05) is 35.5 Å². The molecule has 7 nitrogen and oxygen atoms in total. The summed E-state index contributed by atoms with van der Waals surface area (Å²) in [5.41, 5.74) is 0.958. The molecule has 1 aliphatic rings. The van der Waals surface area contributed by atoms with Crippen LogP contribution in [0, 0.1) is 10.1 Å². The largest absolute Gasteiger partial charge is 0.457 e. The normalized spacial score (nSPS) is 15.4. The van der Waals surface area contributed by atoms with Gasteiger partial charge in [0.05, 0.1) is 11.3 Å². The van der Waals surface area contributed by atoms with E-state index < -0.39 is 4.92 Å². The van der Waals surface area contributed by atoms with Crippen LogP contribution in [0.3, 0.4) is 0 Å². The van der Waals surface area contributed by atoms with Gasteiger partial charge in [-0.2, -0.15) is 0 Å². The smallest absolute Gasteiger partial charge is 0.269 e. The number of nitro groups is 1. The van der Waals surface area contributed by atoms with E-state index in [9.17, 15) is 10.1 Å². The number of hydrogen-bond acceptors (Lipinski definition) is 6. The van der Waals surface area contributed by atoms with Crippen LogP contribution in [0.1, 0.15) is 18.1 Å². The van der Waals surface area contributed by atoms with Crippen molar-refractivity contribution in [1.82, 2.24) is 0 Å². The number of benzene rings is 3. The second kappa shape index (κ2) is 7.79. The second-order valence-electron chi connectivity index (χ2n) is 6.12. The number of nitro benzene ring substituents is 1. The number of non-ortho nitro benzene ring substituents is 1. The van der Waals surface area contributed by atoms with E-state index in [1.807, 2.05) is 54.6 Å². The fraction of sp³-hybridized carbons (Fsp3) is 0.0952. The molecule has 28 heavy (non-hydrogen) atoms. The third-order valence-electron chi connectivity index (χ3n) is 4.16. The molecule has 0 saturated heterocycles. The molecule has 0 aliphatic carbocycles. The van der Waals surface area contributed by atoms with E-state index in [1.165, 1.54) is 24.3 Å². The minimum absolute atomic E-state index is 0.00708. The lowest BCUT2D eigenvalue weighted by Crippen LogP contribution is -2.07. The number of rotatable bonds is 5. The molecule has 0 N–H and O–H groups in total. The highest BCUT2D eigenvalue weighted by molar-refractivity contribution is 5.79. The van der Waals surface area contributed by atoms with E-state index in [0.29, 0.717) is 18.1 Å². The van der Waals surface area contributed by atoms with Crippen molar-refractivity contribution in [2.24, 2.45) is 5.16 Å². The summed E-state index contributed by atoms with van der Waals surface area (Å²) in [5, 5.41) is 14.7. The average Bonchev–Trinajstić information content (AvgIpc) is 3.18. The molecule has 0 radical (unpaired) electrons. The van der Waals surface area contributed by atoms with E-state index in [4.69, 9.17) is 14.3 Å². The molecule has 4 rings (SSSR count). The summed E-state index contributed by atoms with van der Waals surface area (Å²) < 4.78 is 11.4. The van der Waals surface area contributed by atoms with E-state index in [2.05, 4.69) is 5.16 Å². The first-order chi connectivity index (χ1) is 13.7. The minimum atomic E-state index is -0.457. The second-order valence-corrected chi connectivity index (χ2v) is 6.12. The Labute approximate surface area is 160 Å². The zero-order valence-electron chi connectivity index (χ0n) is 14.7. The molecule has 0 aromatic heterocycles. The molecule has 1 aliphatic heterocycles. The molecule has 1 atom stereocenters. The molecule has 1 heterocycles. The van der Waals surface area contributed by atoms with Crippen molar-refractivity contribution >= 4 is 11.6 Å². The Morgan fingerprint density at radius 2 is 1.46 bits per heavy atom. The molecule has 0 amide bonds. The Kier molecular flexibility index (Phi) is 4.88. The quantitative estimate of drug-likeness (QED) is 0.449. The van der Waals surface area contributed by atoms with Crippen LogP contribution in [-0.2, 0) is 4.84 Å². The van der Waals surface area contributed by atoms with Crippen LogP contribution >= 0.6 is 0 Å². The van der Waals surface area contributed by atoms with Gasteiger partial charge in [0, 0.05) is 12.1 Å². The van der Waals surface area contributed by atoms with Crippen LogP contribution in [0.2, 0.25) is 0 Å². The number of oxime groups is 1. The molecule has 140 valence electrons. The summed E-state index contributed by atoms with van der Waals surface area (Å²) >= 11 is 0. The molecule has 0 bridgehead atoms. The predicted octanol–water partition coefficient (Wildman–Crippen LogP) is 5.24. The van der Waals surface area contributed by atoms with E-state index >= 15 is 0 Å². The number of hydrogen-bond donors (Lipinski definition) is 0. The Hall–Kier alpha value is -3.87. The monoisotopic (exact) mass is 376 g/mol. The zero-order chi connectivity index (χ0) is 19.3. The zero-order valence-corrected chi connectivity index (χ0v) is 14.7. The molecular weight excluding hydrogens is 360 g/mol. The van der Waals surface area contributed by atoms with Gasteiger partial charge in [0.15, 0.2) is 6.10 Å². The van der Waals surface area contributed by atoms with Crippen molar-refractivity contribution in [3.05, 3.63) is 94.5 Å². The molecule has 0 spiro atoms. The molecule has 3 aromatic carbocycles.